The van der Waals surface area contributed by atoms with Crippen molar-refractivity contribution in [2.24, 2.45) is 0 Å². The van der Waals surface area contributed by atoms with Gasteiger partial charge in [0.2, 0.25) is 0 Å². The van der Waals surface area contributed by atoms with E-state index in [1.165, 1.54) is 0 Å². The average Bonchev–Trinajstić information content (AvgIpc) is 2.06. The molecule has 0 aliphatic carbocycles. The third-order valence-electron chi connectivity index (χ3n) is 1.81. The Morgan fingerprint density at radius 1 is 1.36 bits per heavy atom. The summed E-state index contributed by atoms with van der Waals surface area (Å²) in [5.74, 6) is 0.816. The van der Waals surface area contributed by atoms with Gasteiger partial charge in [0.05, 0.1) is 16.7 Å². The maximum atomic E-state index is 9.47. The predicted molar refractivity (Wildman–Crippen MR) is 60.6 cm³/mol. The van der Waals surface area contributed by atoms with Crippen molar-refractivity contribution in [3.63, 3.8) is 0 Å². The highest BCUT2D eigenvalue weighted by atomic mass is 79.9. The predicted octanol–water partition coefficient (Wildman–Crippen LogP) is 2.99. The second-order valence-electron chi connectivity index (χ2n) is 3.84. The molecule has 2 nitrogen and oxygen atoms in total. The smallest absolute Gasteiger partial charge is 0.133 e. The van der Waals surface area contributed by atoms with Crippen LogP contribution in [0, 0.1) is 0 Å². The van der Waals surface area contributed by atoms with Crippen molar-refractivity contribution in [3.05, 3.63) is 28.7 Å². The third-order valence-corrected chi connectivity index (χ3v) is 2.46. The minimum absolute atomic E-state index is 0.520. The topological polar surface area (TPSA) is 29.5 Å². The van der Waals surface area contributed by atoms with Crippen LogP contribution in [-0.2, 0) is 0 Å². The molecule has 0 bridgehead atoms. The quantitative estimate of drug-likeness (QED) is 0.900. The third kappa shape index (κ3) is 4.11. The van der Waals surface area contributed by atoms with Crippen molar-refractivity contribution >= 4 is 15.9 Å². The largest absolute Gasteiger partial charge is 0.492 e. The summed E-state index contributed by atoms with van der Waals surface area (Å²) in [4.78, 5) is 0. The van der Waals surface area contributed by atoms with Gasteiger partial charge in [0, 0.05) is 6.42 Å². The molecular formula is C11H15BrO2. The Morgan fingerprint density at radius 3 is 2.57 bits per heavy atom. The van der Waals surface area contributed by atoms with Gasteiger partial charge < -0.3 is 9.84 Å². The molecule has 0 saturated carbocycles. The highest BCUT2D eigenvalue weighted by molar-refractivity contribution is 9.10. The first-order valence-electron chi connectivity index (χ1n) is 4.59. The standard InChI is InChI=1S/C11H15BrO2/c1-11(2,13)7-8-14-10-6-4-3-5-9(10)12/h3-6,13H,7-8H2,1-2H3. The normalized spacial score (nSPS) is 11.4. The highest BCUT2D eigenvalue weighted by Gasteiger charge is 2.12. The molecule has 14 heavy (non-hydrogen) atoms. The monoisotopic (exact) mass is 258 g/mol. The van der Waals surface area contributed by atoms with Crippen LogP contribution in [0.5, 0.6) is 5.75 Å². The first kappa shape index (κ1) is 11.5. The van der Waals surface area contributed by atoms with Crippen molar-refractivity contribution < 1.29 is 9.84 Å². The van der Waals surface area contributed by atoms with Crippen molar-refractivity contribution in [3.8, 4) is 5.75 Å². The zero-order valence-electron chi connectivity index (χ0n) is 8.46. The Kier molecular flexibility index (Phi) is 3.96. The highest BCUT2D eigenvalue weighted by Crippen LogP contribution is 2.24. The number of rotatable bonds is 4. The van der Waals surface area contributed by atoms with Crippen molar-refractivity contribution in [1.29, 1.82) is 0 Å². The lowest BCUT2D eigenvalue weighted by atomic mass is 10.1. The molecule has 0 spiro atoms. The van der Waals surface area contributed by atoms with E-state index in [-0.39, 0.29) is 0 Å². The van der Waals surface area contributed by atoms with E-state index in [2.05, 4.69) is 15.9 Å². The average molecular weight is 259 g/mol. The Morgan fingerprint density at radius 2 is 2.00 bits per heavy atom. The number of aliphatic hydroxyl groups is 1. The van der Waals surface area contributed by atoms with E-state index in [0.29, 0.717) is 13.0 Å². The summed E-state index contributed by atoms with van der Waals surface area (Å²) in [5.41, 5.74) is -0.665. The molecular weight excluding hydrogens is 244 g/mol. The molecule has 3 heteroatoms. The number of hydrogen-bond acceptors (Lipinski definition) is 2. The van der Waals surface area contributed by atoms with E-state index in [9.17, 15) is 5.11 Å². The maximum absolute atomic E-state index is 9.47. The molecule has 1 N–H and O–H groups in total. The van der Waals surface area contributed by atoms with Crippen molar-refractivity contribution in [2.75, 3.05) is 6.61 Å². The Hall–Kier alpha value is -0.540. The van der Waals surface area contributed by atoms with Gasteiger partial charge in [-0.25, -0.2) is 0 Å². The van der Waals surface area contributed by atoms with Gasteiger partial charge in [0.15, 0.2) is 0 Å². The van der Waals surface area contributed by atoms with Gasteiger partial charge in [-0.2, -0.15) is 0 Å². The van der Waals surface area contributed by atoms with Crippen LogP contribution in [0.1, 0.15) is 20.3 Å². The van der Waals surface area contributed by atoms with Crippen molar-refractivity contribution in [1.82, 2.24) is 0 Å². The molecule has 1 rings (SSSR count). The molecule has 78 valence electrons. The van der Waals surface area contributed by atoms with E-state index >= 15 is 0 Å². The van der Waals surface area contributed by atoms with E-state index < -0.39 is 5.60 Å². The second kappa shape index (κ2) is 4.80. The fourth-order valence-electron chi connectivity index (χ4n) is 0.973. The number of benzene rings is 1. The zero-order valence-corrected chi connectivity index (χ0v) is 10.0. The van der Waals surface area contributed by atoms with Crippen LogP contribution in [0.3, 0.4) is 0 Å². The van der Waals surface area contributed by atoms with Crippen LogP contribution < -0.4 is 4.74 Å². The van der Waals surface area contributed by atoms with Gasteiger partial charge in [-0.1, -0.05) is 12.1 Å². The lowest BCUT2D eigenvalue weighted by Crippen LogP contribution is -2.21. The molecule has 0 amide bonds. The summed E-state index contributed by atoms with van der Waals surface area (Å²) in [6, 6.07) is 7.69. The summed E-state index contributed by atoms with van der Waals surface area (Å²) in [7, 11) is 0. The van der Waals surface area contributed by atoms with Crippen LogP contribution >= 0.6 is 15.9 Å². The van der Waals surface area contributed by atoms with Crippen LogP contribution in [0.4, 0.5) is 0 Å². The van der Waals surface area contributed by atoms with Gasteiger partial charge >= 0.3 is 0 Å². The minimum atomic E-state index is -0.665. The Labute approximate surface area is 93.0 Å². The summed E-state index contributed by atoms with van der Waals surface area (Å²) >= 11 is 3.39. The van der Waals surface area contributed by atoms with Crippen molar-refractivity contribution in [2.45, 2.75) is 25.9 Å². The maximum Gasteiger partial charge on any atom is 0.133 e. The van der Waals surface area contributed by atoms with E-state index in [1.807, 2.05) is 24.3 Å². The van der Waals surface area contributed by atoms with Gasteiger partial charge in [-0.3, -0.25) is 0 Å². The van der Waals surface area contributed by atoms with Crippen LogP contribution in [0.25, 0.3) is 0 Å². The molecule has 1 aromatic carbocycles. The first-order chi connectivity index (χ1) is 6.49. The summed E-state index contributed by atoms with van der Waals surface area (Å²) in [6.45, 7) is 4.07. The number of hydrogen-bond donors (Lipinski definition) is 1. The molecule has 0 heterocycles. The van der Waals surface area contributed by atoms with Crippen LogP contribution in [0.15, 0.2) is 28.7 Å². The van der Waals surface area contributed by atoms with Gasteiger partial charge in [0.25, 0.3) is 0 Å². The molecule has 0 aliphatic heterocycles. The van der Waals surface area contributed by atoms with Gasteiger partial charge in [-0.15, -0.1) is 0 Å². The molecule has 0 radical (unpaired) electrons. The molecule has 0 unspecified atom stereocenters. The van der Waals surface area contributed by atoms with Crippen LogP contribution in [0.2, 0.25) is 0 Å². The molecule has 1 aromatic rings. The molecule has 0 aliphatic rings. The lowest BCUT2D eigenvalue weighted by molar-refractivity contribution is 0.0552. The number of para-hydroxylation sites is 1. The molecule has 0 saturated heterocycles. The molecule has 0 atom stereocenters. The number of ether oxygens (including phenoxy) is 1. The van der Waals surface area contributed by atoms with Crippen LogP contribution in [-0.4, -0.2) is 17.3 Å². The van der Waals surface area contributed by atoms with E-state index in [1.54, 1.807) is 13.8 Å². The summed E-state index contributed by atoms with van der Waals surface area (Å²) in [5, 5.41) is 9.47. The summed E-state index contributed by atoms with van der Waals surface area (Å²) < 4.78 is 6.45. The first-order valence-corrected chi connectivity index (χ1v) is 5.38. The molecule has 0 fully saturated rings. The van der Waals surface area contributed by atoms with Gasteiger partial charge in [-0.05, 0) is 41.9 Å². The Bertz CT molecular complexity index is 292. The zero-order chi connectivity index (χ0) is 10.6. The van der Waals surface area contributed by atoms with E-state index in [4.69, 9.17) is 4.74 Å². The Balaban J connectivity index is 2.43. The second-order valence-corrected chi connectivity index (χ2v) is 4.70. The summed E-state index contributed by atoms with van der Waals surface area (Å²) in [6.07, 6.45) is 0.619. The minimum Gasteiger partial charge on any atom is -0.492 e. The lowest BCUT2D eigenvalue weighted by Gasteiger charge is -2.17. The number of halogens is 1. The van der Waals surface area contributed by atoms with Gasteiger partial charge in [0.1, 0.15) is 5.75 Å². The van der Waals surface area contributed by atoms with E-state index in [0.717, 1.165) is 10.2 Å². The fourth-order valence-corrected chi connectivity index (χ4v) is 1.37. The molecule has 0 aromatic heterocycles. The SMILES string of the molecule is CC(C)(O)CCOc1ccccc1Br. The fraction of sp³-hybridized carbons (Fsp3) is 0.455.